The molecule has 8 nitrogen and oxygen atoms in total. The van der Waals surface area contributed by atoms with E-state index in [1.165, 1.54) is 0 Å². The lowest BCUT2D eigenvalue weighted by molar-refractivity contribution is 0.0973. The zero-order valence-corrected chi connectivity index (χ0v) is 17.8. The number of aromatic nitrogens is 3. The molecule has 1 aliphatic rings. The summed E-state index contributed by atoms with van der Waals surface area (Å²) in [7, 11) is 0. The van der Waals surface area contributed by atoms with Gasteiger partial charge in [0.1, 0.15) is 0 Å². The molecule has 0 spiro atoms. The number of hydrogen-bond acceptors (Lipinski definition) is 5. The third-order valence-corrected chi connectivity index (χ3v) is 5.56. The van der Waals surface area contributed by atoms with Crippen molar-refractivity contribution in [3.63, 3.8) is 0 Å². The normalized spacial score (nSPS) is 12.8. The highest BCUT2D eigenvalue weighted by molar-refractivity contribution is 6.08. The molecule has 4 aromatic rings. The molecule has 0 aliphatic heterocycles. The number of nitrogens with one attached hydrogen (secondary N) is 3. The van der Waals surface area contributed by atoms with Gasteiger partial charge in [0.15, 0.2) is 5.78 Å². The smallest absolute Gasteiger partial charge is 0.323 e. The van der Waals surface area contributed by atoms with Crippen LogP contribution in [-0.4, -0.2) is 26.8 Å². The van der Waals surface area contributed by atoms with E-state index in [2.05, 4.69) is 25.6 Å². The Morgan fingerprint density at radius 2 is 1.73 bits per heavy atom. The Balaban J connectivity index is 1.53. The molecule has 2 aromatic carbocycles. The number of nitrogen functional groups attached to an aromatic ring is 1. The molecule has 5 rings (SSSR count). The van der Waals surface area contributed by atoms with Gasteiger partial charge in [-0.25, -0.2) is 14.8 Å². The number of hydrogen-bond donors (Lipinski definition) is 4. The minimum Gasteiger partial charge on any atom is -0.368 e. The van der Waals surface area contributed by atoms with Gasteiger partial charge < -0.3 is 21.4 Å². The SMILES string of the molecule is Nc1nccc(-c2[nH]c3c(c2-c2cccc(NC(=O)Nc4ccccc4)c2)C(=O)CCC3)n1. The molecule has 33 heavy (non-hydrogen) atoms. The predicted molar refractivity (Wildman–Crippen MR) is 128 cm³/mol. The molecule has 2 aromatic heterocycles. The largest absolute Gasteiger partial charge is 0.368 e. The summed E-state index contributed by atoms with van der Waals surface area (Å²) in [4.78, 5) is 37.1. The van der Waals surface area contributed by atoms with Crippen molar-refractivity contribution in [3.8, 4) is 22.5 Å². The number of urea groups is 1. The molecule has 8 heteroatoms. The van der Waals surface area contributed by atoms with Crippen LogP contribution < -0.4 is 16.4 Å². The Labute approximate surface area is 190 Å². The van der Waals surface area contributed by atoms with E-state index < -0.39 is 0 Å². The van der Waals surface area contributed by atoms with Crippen LogP contribution in [0.1, 0.15) is 28.9 Å². The zero-order valence-electron chi connectivity index (χ0n) is 17.8. The van der Waals surface area contributed by atoms with Crippen LogP contribution in [0.5, 0.6) is 0 Å². The summed E-state index contributed by atoms with van der Waals surface area (Å²) in [6, 6.07) is 18.0. The van der Waals surface area contributed by atoms with E-state index in [9.17, 15) is 9.59 Å². The quantitative estimate of drug-likeness (QED) is 0.361. The second-order valence-electron chi connectivity index (χ2n) is 7.83. The van der Waals surface area contributed by atoms with E-state index in [1.807, 2.05) is 48.5 Å². The first-order chi connectivity index (χ1) is 16.1. The maximum Gasteiger partial charge on any atom is 0.323 e. The number of fused-ring (bicyclic) bond motifs is 1. The van der Waals surface area contributed by atoms with Gasteiger partial charge in [0.25, 0.3) is 0 Å². The fourth-order valence-corrected chi connectivity index (χ4v) is 4.16. The van der Waals surface area contributed by atoms with Crippen molar-refractivity contribution >= 4 is 29.1 Å². The Hall–Kier alpha value is -4.46. The fraction of sp³-hybridized carbons (Fsp3) is 0.120. The zero-order chi connectivity index (χ0) is 22.8. The van der Waals surface area contributed by atoms with Gasteiger partial charge in [-0.3, -0.25) is 4.79 Å². The van der Waals surface area contributed by atoms with E-state index in [0.717, 1.165) is 35.4 Å². The molecule has 0 fully saturated rings. The van der Waals surface area contributed by atoms with Crippen LogP contribution >= 0.6 is 0 Å². The first-order valence-corrected chi connectivity index (χ1v) is 10.7. The van der Waals surface area contributed by atoms with Crippen LogP contribution in [0.3, 0.4) is 0 Å². The lowest BCUT2D eigenvalue weighted by Gasteiger charge is -2.13. The van der Waals surface area contributed by atoms with Crippen LogP contribution in [0, 0.1) is 0 Å². The molecule has 0 unspecified atom stereocenters. The number of carbonyl (C=O) groups is 2. The maximum absolute atomic E-state index is 12.9. The summed E-state index contributed by atoms with van der Waals surface area (Å²) in [5.74, 6) is 0.251. The molecule has 0 bridgehead atoms. The third-order valence-electron chi connectivity index (χ3n) is 5.56. The average molecular weight is 438 g/mol. The minimum absolute atomic E-state index is 0.0935. The number of para-hydroxylation sites is 1. The molecule has 0 saturated heterocycles. The van der Waals surface area contributed by atoms with Crippen LogP contribution in [0.25, 0.3) is 22.5 Å². The summed E-state index contributed by atoms with van der Waals surface area (Å²) < 4.78 is 0. The van der Waals surface area contributed by atoms with Gasteiger partial charge in [0, 0.05) is 40.8 Å². The van der Waals surface area contributed by atoms with E-state index in [-0.39, 0.29) is 17.8 Å². The van der Waals surface area contributed by atoms with Crippen LogP contribution in [0.4, 0.5) is 22.1 Å². The number of amides is 2. The molecule has 1 aliphatic carbocycles. The third kappa shape index (κ3) is 4.18. The Morgan fingerprint density at radius 3 is 2.55 bits per heavy atom. The van der Waals surface area contributed by atoms with Crippen LogP contribution in [0.15, 0.2) is 66.9 Å². The molecule has 5 N–H and O–H groups in total. The molecule has 0 saturated carbocycles. The molecular formula is C25H22N6O2. The predicted octanol–water partition coefficient (Wildman–Crippen LogP) is 4.88. The van der Waals surface area contributed by atoms with Gasteiger partial charge in [0.2, 0.25) is 5.95 Å². The van der Waals surface area contributed by atoms with Gasteiger partial charge in [-0.2, -0.15) is 0 Å². The number of rotatable bonds is 4. The summed E-state index contributed by atoms with van der Waals surface area (Å²) in [6.07, 6.45) is 3.68. The number of nitrogens with two attached hydrogens (primary N) is 1. The summed E-state index contributed by atoms with van der Waals surface area (Å²) in [6.45, 7) is 0. The molecule has 2 heterocycles. The number of ketones is 1. The lowest BCUT2D eigenvalue weighted by atomic mass is 9.89. The lowest BCUT2D eigenvalue weighted by Crippen LogP contribution is -2.19. The van der Waals surface area contributed by atoms with Crippen LogP contribution in [-0.2, 0) is 6.42 Å². The Kier molecular flexibility index (Phi) is 5.32. The number of benzene rings is 2. The van der Waals surface area contributed by atoms with Gasteiger partial charge in [0.05, 0.1) is 11.4 Å². The van der Waals surface area contributed by atoms with Crippen molar-refractivity contribution in [3.05, 3.63) is 78.1 Å². The number of aromatic amines is 1. The van der Waals surface area contributed by atoms with Gasteiger partial charge in [-0.15, -0.1) is 0 Å². The second-order valence-corrected chi connectivity index (χ2v) is 7.83. The summed E-state index contributed by atoms with van der Waals surface area (Å²) in [5, 5.41) is 5.67. The second kappa shape index (κ2) is 8.58. The van der Waals surface area contributed by atoms with Crippen molar-refractivity contribution in [2.45, 2.75) is 19.3 Å². The Bertz CT molecular complexity index is 1350. The number of Topliss-reactive ketones (excluding diaryl/α,β-unsaturated/α-hetero) is 1. The highest BCUT2D eigenvalue weighted by Gasteiger charge is 2.28. The van der Waals surface area contributed by atoms with Crippen molar-refractivity contribution < 1.29 is 9.59 Å². The van der Waals surface area contributed by atoms with Gasteiger partial charge >= 0.3 is 6.03 Å². The fourth-order valence-electron chi connectivity index (χ4n) is 4.16. The van der Waals surface area contributed by atoms with E-state index in [0.29, 0.717) is 29.1 Å². The number of anilines is 3. The van der Waals surface area contributed by atoms with Crippen molar-refractivity contribution in [2.24, 2.45) is 0 Å². The number of aryl methyl sites for hydroxylation is 1. The van der Waals surface area contributed by atoms with E-state index in [4.69, 9.17) is 5.73 Å². The maximum atomic E-state index is 12.9. The highest BCUT2D eigenvalue weighted by Crippen LogP contribution is 2.40. The number of H-pyrrole nitrogens is 1. The first kappa shape index (κ1) is 20.4. The molecule has 0 atom stereocenters. The first-order valence-electron chi connectivity index (χ1n) is 10.7. The summed E-state index contributed by atoms with van der Waals surface area (Å²) in [5.41, 5.74) is 11.6. The topological polar surface area (TPSA) is 126 Å². The molecule has 164 valence electrons. The number of carbonyl (C=O) groups excluding carboxylic acids is 2. The van der Waals surface area contributed by atoms with Gasteiger partial charge in [-0.1, -0.05) is 30.3 Å². The Morgan fingerprint density at radius 1 is 0.939 bits per heavy atom. The number of nitrogens with zero attached hydrogens (tertiary/aromatic N) is 2. The van der Waals surface area contributed by atoms with Crippen LogP contribution in [0.2, 0.25) is 0 Å². The van der Waals surface area contributed by atoms with Crippen molar-refractivity contribution in [1.82, 2.24) is 15.0 Å². The van der Waals surface area contributed by atoms with Gasteiger partial charge in [-0.05, 0) is 48.7 Å². The van der Waals surface area contributed by atoms with Crippen molar-refractivity contribution in [1.29, 1.82) is 0 Å². The standard InChI is InChI=1S/C25H22N6O2/c26-24-27-13-12-19(31-24)23-21(22-18(30-23)10-5-11-20(22)32)15-6-4-9-17(14-15)29-25(33)28-16-7-2-1-3-8-16/h1-4,6-9,12-14,30H,5,10-11H2,(H2,26,27,31)(H2,28,29,33). The van der Waals surface area contributed by atoms with E-state index in [1.54, 1.807) is 18.3 Å². The van der Waals surface area contributed by atoms with E-state index >= 15 is 0 Å². The average Bonchev–Trinajstić information content (AvgIpc) is 3.21. The minimum atomic E-state index is -0.352. The molecule has 2 amide bonds. The molecular weight excluding hydrogens is 416 g/mol. The highest BCUT2D eigenvalue weighted by atomic mass is 16.2. The summed E-state index contributed by atoms with van der Waals surface area (Å²) >= 11 is 0. The molecule has 0 radical (unpaired) electrons. The van der Waals surface area contributed by atoms with Crippen molar-refractivity contribution in [2.75, 3.05) is 16.4 Å². The monoisotopic (exact) mass is 438 g/mol.